The van der Waals surface area contributed by atoms with Crippen LogP contribution in [0.3, 0.4) is 0 Å². The van der Waals surface area contributed by atoms with Gasteiger partial charge in [-0.15, -0.1) is 0 Å². The SMILES string of the molecule is CC(C(=O)NCCc1ccc(S(N)(=O)=O)cc1)N1CCC(CNC(=O)OC(C)(C)C)CC1. The number of ether oxygens (including phenoxy) is 1. The highest BCUT2D eigenvalue weighted by Crippen LogP contribution is 2.19. The van der Waals surface area contributed by atoms with E-state index in [2.05, 4.69) is 15.5 Å². The Labute approximate surface area is 191 Å². The molecule has 1 aromatic rings. The quantitative estimate of drug-likeness (QED) is 0.531. The lowest BCUT2D eigenvalue weighted by Gasteiger charge is -2.35. The fourth-order valence-electron chi connectivity index (χ4n) is 3.58. The van der Waals surface area contributed by atoms with E-state index in [1.807, 2.05) is 27.7 Å². The fraction of sp³-hybridized carbons (Fsp3) is 0.636. The summed E-state index contributed by atoms with van der Waals surface area (Å²) in [7, 11) is -3.70. The van der Waals surface area contributed by atoms with E-state index in [0.29, 0.717) is 25.4 Å². The molecule has 1 aromatic carbocycles. The Morgan fingerprint density at radius 1 is 1.16 bits per heavy atom. The zero-order valence-corrected chi connectivity index (χ0v) is 20.2. The fourth-order valence-corrected chi connectivity index (χ4v) is 4.09. The molecule has 1 aliphatic heterocycles. The van der Waals surface area contributed by atoms with Gasteiger partial charge in [0.2, 0.25) is 15.9 Å². The number of carbonyl (C=O) groups is 2. The Hall–Kier alpha value is -2.17. The first kappa shape index (κ1) is 26.1. The van der Waals surface area contributed by atoms with Crippen LogP contribution in [0.1, 0.15) is 46.1 Å². The molecule has 9 nitrogen and oxygen atoms in total. The lowest BCUT2D eigenvalue weighted by Crippen LogP contribution is -2.49. The number of amides is 2. The van der Waals surface area contributed by atoms with Crippen LogP contribution >= 0.6 is 0 Å². The molecule has 0 bridgehead atoms. The van der Waals surface area contributed by atoms with Gasteiger partial charge in [-0.1, -0.05) is 12.1 Å². The predicted octanol–water partition coefficient (Wildman–Crippen LogP) is 1.62. The van der Waals surface area contributed by atoms with Crippen molar-refractivity contribution in [3.8, 4) is 0 Å². The van der Waals surface area contributed by atoms with Crippen LogP contribution in [-0.4, -0.2) is 63.1 Å². The number of likely N-dealkylation sites (tertiary alicyclic amines) is 1. The first-order chi connectivity index (χ1) is 14.8. The molecule has 32 heavy (non-hydrogen) atoms. The average Bonchev–Trinajstić information content (AvgIpc) is 2.70. The molecule has 1 heterocycles. The molecule has 10 heteroatoms. The molecule has 0 aromatic heterocycles. The van der Waals surface area contributed by atoms with Crippen LogP contribution < -0.4 is 15.8 Å². The van der Waals surface area contributed by atoms with Crippen molar-refractivity contribution >= 4 is 22.0 Å². The summed E-state index contributed by atoms with van der Waals surface area (Å²) >= 11 is 0. The molecule has 1 atom stereocenters. The predicted molar refractivity (Wildman–Crippen MR) is 123 cm³/mol. The van der Waals surface area contributed by atoms with E-state index >= 15 is 0 Å². The maximum absolute atomic E-state index is 12.5. The molecule has 4 N–H and O–H groups in total. The third-order valence-corrected chi connectivity index (χ3v) is 6.40. The van der Waals surface area contributed by atoms with Crippen molar-refractivity contribution in [3.05, 3.63) is 29.8 Å². The molecule has 0 spiro atoms. The number of nitrogens with zero attached hydrogens (tertiary/aromatic N) is 1. The number of hydrogen-bond acceptors (Lipinski definition) is 6. The zero-order valence-electron chi connectivity index (χ0n) is 19.4. The van der Waals surface area contributed by atoms with Gasteiger partial charge in [0, 0.05) is 13.1 Å². The number of sulfonamides is 1. The summed E-state index contributed by atoms with van der Waals surface area (Å²) in [5.74, 6) is 0.339. The minimum atomic E-state index is -3.70. The van der Waals surface area contributed by atoms with Crippen molar-refractivity contribution in [2.45, 2.75) is 63.5 Å². The smallest absolute Gasteiger partial charge is 0.407 e. The first-order valence-electron chi connectivity index (χ1n) is 11.0. The maximum Gasteiger partial charge on any atom is 0.407 e. The summed E-state index contributed by atoms with van der Waals surface area (Å²) in [6, 6.07) is 6.10. The van der Waals surface area contributed by atoms with Crippen molar-refractivity contribution in [2.24, 2.45) is 11.1 Å². The van der Waals surface area contributed by atoms with E-state index in [1.54, 1.807) is 12.1 Å². The van der Waals surface area contributed by atoms with Gasteiger partial charge in [-0.05, 0) is 83.7 Å². The van der Waals surface area contributed by atoms with Crippen molar-refractivity contribution < 1.29 is 22.7 Å². The highest BCUT2D eigenvalue weighted by molar-refractivity contribution is 7.89. The molecule has 2 amide bonds. The van der Waals surface area contributed by atoms with Crippen LogP contribution in [0.25, 0.3) is 0 Å². The summed E-state index contributed by atoms with van der Waals surface area (Å²) < 4.78 is 27.9. The zero-order chi connectivity index (χ0) is 23.9. The second-order valence-corrected chi connectivity index (χ2v) is 10.8. The lowest BCUT2D eigenvalue weighted by molar-refractivity contribution is -0.126. The van der Waals surface area contributed by atoms with Gasteiger partial charge < -0.3 is 15.4 Å². The number of alkyl carbamates (subject to hydrolysis) is 1. The van der Waals surface area contributed by atoms with E-state index in [-0.39, 0.29) is 16.8 Å². The standard InChI is InChI=1S/C22H36N4O5S/c1-16(20(27)24-12-9-17-5-7-19(8-6-17)32(23,29)30)26-13-10-18(11-14-26)15-25-21(28)31-22(2,3)4/h5-8,16,18H,9-15H2,1-4H3,(H,24,27)(H,25,28)(H2,23,29,30). The van der Waals surface area contributed by atoms with E-state index < -0.39 is 21.7 Å². The molecule has 1 unspecified atom stereocenters. The van der Waals surface area contributed by atoms with Gasteiger partial charge in [-0.25, -0.2) is 18.4 Å². The van der Waals surface area contributed by atoms with Gasteiger partial charge in [0.1, 0.15) is 5.60 Å². The van der Waals surface area contributed by atoms with Crippen LogP contribution in [0.5, 0.6) is 0 Å². The molecular weight excluding hydrogens is 432 g/mol. The van der Waals surface area contributed by atoms with Crippen LogP contribution in [0, 0.1) is 5.92 Å². The highest BCUT2D eigenvalue weighted by atomic mass is 32.2. The maximum atomic E-state index is 12.5. The Kier molecular flexibility index (Phi) is 9.06. The number of nitrogens with two attached hydrogens (primary N) is 1. The summed E-state index contributed by atoms with van der Waals surface area (Å²) in [6.07, 6.45) is 2.02. The Morgan fingerprint density at radius 3 is 2.28 bits per heavy atom. The number of rotatable bonds is 8. The molecule has 0 aliphatic carbocycles. The van der Waals surface area contributed by atoms with E-state index in [9.17, 15) is 18.0 Å². The summed E-state index contributed by atoms with van der Waals surface area (Å²) in [4.78, 5) is 26.5. The second kappa shape index (κ2) is 11.1. The average molecular weight is 469 g/mol. The number of piperidine rings is 1. The normalized spacial score (nSPS) is 16.9. The number of nitrogens with one attached hydrogen (secondary N) is 2. The van der Waals surface area contributed by atoms with Crippen molar-refractivity contribution in [1.29, 1.82) is 0 Å². The number of benzene rings is 1. The number of carbonyl (C=O) groups excluding carboxylic acids is 2. The molecular formula is C22H36N4O5S. The Bertz CT molecular complexity index is 873. The van der Waals surface area contributed by atoms with Gasteiger partial charge in [-0.3, -0.25) is 9.69 Å². The molecule has 1 aliphatic rings. The first-order valence-corrected chi connectivity index (χ1v) is 12.5. The number of primary sulfonamides is 1. The molecule has 2 rings (SSSR count). The van der Waals surface area contributed by atoms with Gasteiger partial charge in [-0.2, -0.15) is 0 Å². The molecule has 1 saturated heterocycles. The van der Waals surface area contributed by atoms with Crippen LogP contribution in [0.15, 0.2) is 29.2 Å². The minimum Gasteiger partial charge on any atom is -0.444 e. The summed E-state index contributed by atoms with van der Waals surface area (Å²) in [5.41, 5.74) is 0.411. The van der Waals surface area contributed by atoms with Crippen LogP contribution in [0.2, 0.25) is 0 Å². The molecule has 1 fully saturated rings. The van der Waals surface area contributed by atoms with E-state index in [1.165, 1.54) is 12.1 Å². The van der Waals surface area contributed by atoms with Gasteiger partial charge >= 0.3 is 6.09 Å². The van der Waals surface area contributed by atoms with Crippen LogP contribution in [-0.2, 0) is 26.0 Å². The van der Waals surface area contributed by atoms with Crippen molar-refractivity contribution in [2.75, 3.05) is 26.2 Å². The monoisotopic (exact) mass is 468 g/mol. The van der Waals surface area contributed by atoms with Crippen molar-refractivity contribution in [3.63, 3.8) is 0 Å². The van der Waals surface area contributed by atoms with Gasteiger partial charge in [0.25, 0.3) is 0 Å². The highest BCUT2D eigenvalue weighted by Gasteiger charge is 2.27. The largest absolute Gasteiger partial charge is 0.444 e. The van der Waals surface area contributed by atoms with Crippen LogP contribution in [0.4, 0.5) is 4.79 Å². The second-order valence-electron chi connectivity index (χ2n) is 9.27. The van der Waals surface area contributed by atoms with E-state index in [0.717, 1.165) is 31.5 Å². The summed E-state index contributed by atoms with van der Waals surface area (Å²) in [6.45, 7) is 10.0. The lowest BCUT2D eigenvalue weighted by atomic mass is 9.96. The van der Waals surface area contributed by atoms with Crippen molar-refractivity contribution in [1.82, 2.24) is 15.5 Å². The third kappa shape index (κ3) is 8.76. The topological polar surface area (TPSA) is 131 Å². The number of hydrogen-bond donors (Lipinski definition) is 3. The molecule has 0 saturated carbocycles. The molecule has 180 valence electrons. The molecule has 0 radical (unpaired) electrons. The summed E-state index contributed by atoms with van der Waals surface area (Å²) in [5, 5.41) is 10.9. The van der Waals surface area contributed by atoms with Gasteiger partial charge in [0.15, 0.2) is 0 Å². The van der Waals surface area contributed by atoms with Gasteiger partial charge in [0.05, 0.1) is 10.9 Å². The Balaban J connectivity index is 1.69. The third-order valence-electron chi connectivity index (χ3n) is 5.48. The van der Waals surface area contributed by atoms with E-state index in [4.69, 9.17) is 9.88 Å². The Morgan fingerprint density at radius 2 is 1.75 bits per heavy atom. The minimum absolute atomic E-state index is 0.0310.